The van der Waals surface area contributed by atoms with E-state index >= 15 is 0 Å². The number of rotatable bonds is 4. The lowest BCUT2D eigenvalue weighted by molar-refractivity contribution is -0.126. The summed E-state index contributed by atoms with van der Waals surface area (Å²) in [4.78, 5) is 15.6. The van der Waals surface area contributed by atoms with Crippen LogP contribution in [0.5, 0.6) is 0 Å². The van der Waals surface area contributed by atoms with Gasteiger partial charge in [0.25, 0.3) is 10.0 Å². The van der Waals surface area contributed by atoms with E-state index in [0.717, 1.165) is 0 Å². The second-order valence-electron chi connectivity index (χ2n) is 5.02. The van der Waals surface area contributed by atoms with Gasteiger partial charge in [-0.3, -0.25) is 4.79 Å². The van der Waals surface area contributed by atoms with E-state index in [0.29, 0.717) is 32.5 Å². The molecule has 1 N–H and O–H groups in total. The SMILES string of the molecule is CCNC(=O)C1CCN(S(=O)(=O)c2ncn(C)c2Cl)CC1. The lowest BCUT2D eigenvalue weighted by atomic mass is 9.97. The standard InChI is InChI=1S/C12H19ClN4O3S/c1-3-14-11(18)9-4-6-17(7-5-9)21(19,20)12-10(13)16(2)8-15-12/h8-9H,3-7H2,1-2H3,(H,14,18). The molecule has 1 aliphatic rings. The Bertz CT molecular complexity index is 620. The molecule has 0 spiro atoms. The van der Waals surface area contributed by atoms with Crippen LogP contribution in [0.25, 0.3) is 0 Å². The molecule has 118 valence electrons. The van der Waals surface area contributed by atoms with Gasteiger partial charge in [0.2, 0.25) is 10.9 Å². The van der Waals surface area contributed by atoms with Gasteiger partial charge in [-0.1, -0.05) is 11.6 Å². The van der Waals surface area contributed by atoms with E-state index in [-0.39, 0.29) is 22.0 Å². The highest BCUT2D eigenvalue weighted by molar-refractivity contribution is 7.89. The van der Waals surface area contributed by atoms with Crippen LogP contribution in [0.3, 0.4) is 0 Å². The van der Waals surface area contributed by atoms with E-state index in [2.05, 4.69) is 10.3 Å². The Morgan fingerprint density at radius 1 is 1.48 bits per heavy atom. The number of carbonyl (C=O) groups excluding carboxylic acids is 1. The molecule has 1 aromatic rings. The number of nitrogens with zero attached hydrogens (tertiary/aromatic N) is 3. The first-order valence-electron chi connectivity index (χ1n) is 6.82. The number of carbonyl (C=O) groups is 1. The summed E-state index contributed by atoms with van der Waals surface area (Å²) < 4.78 is 27.8. The van der Waals surface area contributed by atoms with Crippen molar-refractivity contribution in [2.45, 2.75) is 24.8 Å². The van der Waals surface area contributed by atoms with Crippen molar-refractivity contribution < 1.29 is 13.2 Å². The predicted octanol–water partition coefficient (Wildman–Crippen LogP) is 0.610. The van der Waals surface area contributed by atoms with Crippen molar-refractivity contribution in [1.82, 2.24) is 19.2 Å². The summed E-state index contributed by atoms with van der Waals surface area (Å²) in [5.41, 5.74) is 0. The molecule has 0 bridgehead atoms. The monoisotopic (exact) mass is 334 g/mol. The molecule has 21 heavy (non-hydrogen) atoms. The summed E-state index contributed by atoms with van der Waals surface area (Å²) in [5.74, 6) is -0.138. The molecule has 7 nitrogen and oxygen atoms in total. The molecule has 2 rings (SSSR count). The second kappa shape index (κ2) is 6.33. The average Bonchev–Trinajstić information content (AvgIpc) is 2.80. The molecule has 2 heterocycles. The number of sulfonamides is 1. The summed E-state index contributed by atoms with van der Waals surface area (Å²) in [6.07, 6.45) is 2.39. The zero-order valence-electron chi connectivity index (χ0n) is 12.0. The van der Waals surface area contributed by atoms with Crippen molar-refractivity contribution in [2.75, 3.05) is 19.6 Å². The van der Waals surface area contributed by atoms with Crippen LogP contribution in [0.15, 0.2) is 11.4 Å². The normalized spacial score (nSPS) is 17.9. The molecule has 1 saturated heterocycles. The molecule has 0 aromatic carbocycles. The van der Waals surface area contributed by atoms with Crippen molar-refractivity contribution in [2.24, 2.45) is 13.0 Å². The average molecular weight is 335 g/mol. The van der Waals surface area contributed by atoms with Crippen molar-refractivity contribution in [3.8, 4) is 0 Å². The molecule has 0 radical (unpaired) electrons. The number of amides is 1. The highest BCUT2D eigenvalue weighted by Gasteiger charge is 2.34. The number of piperidine rings is 1. The van der Waals surface area contributed by atoms with Crippen molar-refractivity contribution in [3.05, 3.63) is 11.5 Å². The van der Waals surface area contributed by atoms with E-state index in [1.54, 1.807) is 7.05 Å². The maximum atomic E-state index is 12.5. The fourth-order valence-electron chi connectivity index (χ4n) is 2.37. The van der Waals surface area contributed by atoms with Gasteiger partial charge >= 0.3 is 0 Å². The smallest absolute Gasteiger partial charge is 0.263 e. The molecule has 1 fully saturated rings. The Hall–Kier alpha value is -1.12. The number of hydrogen-bond acceptors (Lipinski definition) is 4. The third kappa shape index (κ3) is 3.22. The molecular weight excluding hydrogens is 316 g/mol. The Morgan fingerprint density at radius 3 is 2.57 bits per heavy atom. The maximum absolute atomic E-state index is 12.5. The van der Waals surface area contributed by atoms with Crippen LogP contribution >= 0.6 is 11.6 Å². The molecule has 9 heteroatoms. The molecule has 0 atom stereocenters. The van der Waals surface area contributed by atoms with Crippen LogP contribution in [0.4, 0.5) is 0 Å². The van der Waals surface area contributed by atoms with E-state index in [1.165, 1.54) is 15.2 Å². The maximum Gasteiger partial charge on any atom is 0.263 e. The zero-order chi connectivity index (χ0) is 15.6. The highest BCUT2D eigenvalue weighted by atomic mass is 35.5. The Morgan fingerprint density at radius 2 is 2.10 bits per heavy atom. The Balaban J connectivity index is 2.08. The van der Waals surface area contributed by atoms with Crippen LogP contribution in [0, 0.1) is 5.92 Å². The molecule has 1 aromatic heterocycles. The lowest BCUT2D eigenvalue weighted by Crippen LogP contribution is -2.43. The van der Waals surface area contributed by atoms with Gasteiger partial charge in [0.15, 0.2) is 0 Å². The van der Waals surface area contributed by atoms with E-state index in [9.17, 15) is 13.2 Å². The first-order valence-corrected chi connectivity index (χ1v) is 8.64. The molecule has 0 saturated carbocycles. The summed E-state index contributed by atoms with van der Waals surface area (Å²) in [6.45, 7) is 3.05. The van der Waals surface area contributed by atoms with Crippen LogP contribution < -0.4 is 5.32 Å². The zero-order valence-corrected chi connectivity index (χ0v) is 13.6. The van der Waals surface area contributed by atoms with Crippen LogP contribution in [-0.2, 0) is 21.9 Å². The summed E-state index contributed by atoms with van der Waals surface area (Å²) in [5, 5.41) is 2.75. The van der Waals surface area contributed by atoms with Crippen LogP contribution in [0.1, 0.15) is 19.8 Å². The van der Waals surface area contributed by atoms with Gasteiger partial charge in [0.05, 0.1) is 6.33 Å². The minimum atomic E-state index is -3.70. The van der Waals surface area contributed by atoms with E-state index in [1.807, 2.05) is 6.92 Å². The highest BCUT2D eigenvalue weighted by Crippen LogP contribution is 2.26. The van der Waals surface area contributed by atoms with E-state index < -0.39 is 10.0 Å². The fourth-order valence-corrected chi connectivity index (χ4v) is 4.22. The lowest BCUT2D eigenvalue weighted by Gasteiger charge is -2.29. The number of aromatic nitrogens is 2. The topological polar surface area (TPSA) is 84.3 Å². The summed E-state index contributed by atoms with van der Waals surface area (Å²) >= 11 is 5.96. The van der Waals surface area contributed by atoms with Gasteiger partial charge in [-0.15, -0.1) is 0 Å². The van der Waals surface area contributed by atoms with Crippen LogP contribution in [0.2, 0.25) is 5.15 Å². The van der Waals surface area contributed by atoms with Gasteiger partial charge in [0, 0.05) is 32.6 Å². The molecule has 0 aliphatic carbocycles. The Labute approximate surface area is 129 Å². The number of halogens is 1. The predicted molar refractivity (Wildman–Crippen MR) is 78.4 cm³/mol. The van der Waals surface area contributed by atoms with Gasteiger partial charge in [-0.25, -0.2) is 13.4 Å². The third-order valence-electron chi connectivity index (χ3n) is 3.59. The van der Waals surface area contributed by atoms with E-state index in [4.69, 9.17) is 11.6 Å². The first-order chi connectivity index (χ1) is 9.87. The van der Waals surface area contributed by atoms with Crippen molar-refractivity contribution in [3.63, 3.8) is 0 Å². The van der Waals surface area contributed by atoms with Gasteiger partial charge in [0.1, 0.15) is 5.15 Å². The first kappa shape index (κ1) is 16.3. The molecule has 1 amide bonds. The third-order valence-corrected chi connectivity index (χ3v) is 5.98. The van der Waals surface area contributed by atoms with Crippen molar-refractivity contribution in [1.29, 1.82) is 0 Å². The van der Waals surface area contributed by atoms with Crippen molar-refractivity contribution >= 4 is 27.5 Å². The molecule has 0 unspecified atom stereocenters. The minimum Gasteiger partial charge on any atom is -0.356 e. The number of nitrogens with one attached hydrogen (secondary N) is 1. The Kier molecular flexibility index (Phi) is 4.90. The number of imidazole rings is 1. The fraction of sp³-hybridized carbons (Fsp3) is 0.667. The largest absolute Gasteiger partial charge is 0.356 e. The van der Waals surface area contributed by atoms with Crippen LogP contribution in [-0.4, -0.2) is 47.8 Å². The van der Waals surface area contributed by atoms with Gasteiger partial charge in [-0.2, -0.15) is 4.31 Å². The van der Waals surface area contributed by atoms with Gasteiger partial charge < -0.3 is 9.88 Å². The molecular formula is C12H19ClN4O3S. The molecule has 1 aliphatic heterocycles. The summed E-state index contributed by atoms with van der Waals surface area (Å²) in [6, 6.07) is 0. The minimum absolute atomic E-state index is 0.00887. The number of hydrogen-bond donors (Lipinski definition) is 1. The second-order valence-corrected chi connectivity index (χ2v) is 7.24. The number of aryl methyl sites for hydroxylation is 1. The van der Waals surface area contributed by atoms with Gasteiger partial charge in [-0.05, 0) is 19.8 Å². The summed E-state index contributed by atoms with van der Waals surface area (Å²) in [7, 11) is -2.06. The quantitative estimate of drug-likeness (QED) is 0.874.